The maximum absolute atomic E-state index is 13.3. The van der Waals surface area contributed by atoms with Crippen molar-refractivity contribution < 1.29 is 48.2 Å². The number of ketones is 1. The molecule has 4 aromatic rings. The van der Waals surface area contributed by atoms with Crippen molar-refractivity contribution in [2.75, 3.05) is 25.0 Å². The number of imidazole rings is 1. The third-order valence-corrected chi connectivity index (χ3v) is 10.4. The van der Waals surface area contributed by atoms with Crippen molar-refractivity contribution in [3.8, 4) is 28.2 Å². The van der Waals surface area contributed by atoms with Crippen LogP contribution in [0, 0.1) is 0 Å². The van der Waals surface area contributed by atoms with Gasteiger partial charge in [0.15, 0.2) is 11.2 Å². The van der Waals surface area contributed by atoms with Crippen LogP contribution in [0.4, 0.5) is 10.5 Å². The van der Waals surface area contributed by atoms with Gasteiger partial charge in [-0.1, -0.05) is 42.8 Å². The second-order valence-corrected chi connectivity index (χ2v) is 15.3. The number of aromatic amines is 1. The van der Waals surface area contributed by atoms with Gasteiger partial charge in [-0.05, 0) is 67.3 Å². The van der Waals surface area contributed by atoms with E-state index in [1.54, 1.807) is 54.7 Å². The Hall–Kier alpha value is -8.35. The first-order valence-electron chi connectivity index (χ1n) is 21.0. The Labute approximate surface area is 377 Å². The van der Waals surface area contributed by atoms with Gasteiger partial charge in [0, 0.05) is 72.5 Å². The number of urea groups is 1. The number of H-pyrrole nitrogens is 1. The van der Waals surface area contributed by atoms with E-state index < -0.39 is 54.3 Å². The molecule has 0 spiro atoms. The molecule has 3 aromatic carbocycles. The summed E-state index contributed by atoms with van der Waals surface area (Å²) in [4.78, 5) is 108. The van der Waals surface area contributed by atoms with Crippen LogP contribution in [-0.4, -0.2) is 93.3 Å². The quantitative estimate of drug-likeness (QED) is 0.0370. The fraction of sp³-hybridized carbons (Fsp3) is 0.255. The summed E-state index contributed by atoms with van der Waals surface area (Å²) in [6, 6.07) is 19.4. The summed E-state index contributed by atoms with van der Waals surface area (Å²) in [7, 11) is 0. The highest BCUT2D eigenvalue weighted by atomic mass is 16.4. The third kappa shape index (κ3) is 13.1. The van der Waals surface area contributed by atoms with Crippen LogP contribution in [0.15, 0.2) is 107 Å². The van der Waals surface area contributed by atoms with Gasteiger partial charge >= 0.3 is 12.0 Å². The number of aromatic nitrogens is 2. The Balaban J connectivity index is 0.907. The van der Waals surface area contributed by atoms with Crippen LogP contribution >= 0.6 is 0 Å². The third-order valence-electron chi connectivity index (χ3n) is 10.4. The Morgan fingerprint density at radius 2 is 1.52 bits per heavy atom. The number of phenols is 1. The first-order valence-corrected chi connectivity index (χ1v) is 21.0. The zero-order valence-corrected chi connectivity index (χ0v) is 35.8. The number of aromatic hydroxyl groups is 1. The summed E-state index contributed by atoms with van der Waals surface area (Å²) >= 11 is 0. The van der Waals surface area contributed by atoms with Crippen LogP contribution in [0.3, 0.4) is 0 Å². The predicted octanol–water partition coefficient (Wildman–Crippen LogP) is 3.65. The molecule has 0 radical (unpaired) electrons. The minimum atomic E-state index is -1.27. The fourth-order valence-electron chi connectivity index (χ4n) is 7.12. The lowest BCUT2D eigenvalue weighted by Crippen LogP contribution is -2.54. The number of carbonyl (C=O) groups excluding carboxylic acids is 6. The zero-order valence-electron chi connectivity index (χ0n) is 35.8. The number of hydrogen-bond acceptors (Lipinski definition) is 11. The number of amides is 6. The Morgan fingerprint density at radius 3 is 2.26 bits per heavy atom. The molecule has 6 rings (SSSR count). The molecule has 2 atom stereocenters. The second kappa shape index (κ2) is 22.3. The molecule has 0 unspecified atom stereocenters. The van der Waals surface area contributed by atoms with Crippen LogP contribution in [0.5, 0.6) is 5.75 Å². The number of carbonyl (C=O) groups is 7. The maximum Gasteiger partial charge on any atom is 0.336 e. The first-order chi connectivity index (χ1) is 31.7. The van der Waals surface area contributed by atoms with E-state index >= 15 is 0 Å². The van der Waals surface area contributed by atoms with Crippen molar-refractivity contribution in [2.45, 2.75) is 57.5 Å². The molecule has 9 N–H and O–H groups in total. The van der Waals surface area contributed by atoms with E-state index in [0.717, 1.165) is 5.56 Å². The monoisotopic (exact) mass is 900 g/mol. The highest BCUT2D eigenvalue weighted by Crippen LogP contribution is 2.42. The normalized spacial score (nSPS) is 11.8. The molecule has 2 aliphatic rings. The molecule has 19 nitrogen and oxygen atoms in total. The summed E-state index contributed by atoms with van der Waals surface area (Å²) in [5.41, 5.74) is 2.00. The lowest BCUT2D eigenvalue weighted by Gasteiger charge is -2.22. The van der Waals surface area contributed by atoms with Gasteiger partial charge in [-0.3, -0.25) is 28.8 Å². The Bertz CT molecular complexity index is 2760. The van der Waals surface area contributed by atoms with Gasteiger partial charge < -0.3 is 51.5 Å². The standard InChI is InChI=1S/C47H48N8O11/c1-27(56)36(24-40-48-18-19-49-40)55-45(62)37(20-28-8-4-2-5-9-28)54-43(61)26-52-42(60)25-51-41(59)10-6-3-7-17-50-47(65)53-29-11-14-32(35(21-29)46(63)64)44-33-15-12-30(57)22-38(33)66-39-23-31(58)13-16-34(39)44/h2,4-5,8-9,11-16,18-19,21-23,36-37,57H,3,6-7,10,17,20,24-26H2,1H3,(H,48,49)(H,51,59)(H,52,60)(H,54,61)(H,55,62)(H,63,64)(H2,50,53,65)/t36-,37-/m0/s1. The number of carboxylic acid groups (broad SMARTS) is 1. The number of nitrogens with zero attached hydrogens (tertiary/aromatic N) is 1. The molecule has 2 heterocycles. The van der Waals surface area contributed by atoms with E-state index in [1.807, 2.05) is 6.07 Å². The molecule has 342 valence electrons. The van der Waals surface area contributed by atoms with E-state index in [-0.39, 0.29) is 71.9 Å². The van der Waals surface area contributed by atoms with Crippen LogP contribution in [-0.2, 0) is 36.8 Å². The van der Waals surface area contributed by atoms with Crippen molar-refractivity contribution in [1.82, 2.24) is 36.6 Å². The van der Waals surface area contributed by atoms with Crippen molar-refractivity contribution >= 4 is 58.1 Å². The summed E-state index contributed by atoms with van der Waals surface area (Å²) in [5.74, 6) is -3.21. The van der Waals surface area contributed by atoms with Crippen LogP contribution in [0.25, 0.3) is 33.4 Å². The number of fused-ring (bicyclic) bond motifs is 2. The molecular weight excluding hydrogens is 853 g/mol. The molecule has 1 aliphatic carbocycles. The fourth-order valence-corrected chi connectivity index (χ4v) is 7.12. The summed E-state index contributed by atoms with van der Waals surface area (Å²) in [5, 5.41) is 36.3. The van der Waals surface area contributed by atoms with Gasteiger partial charge in [0.05, 0.1) is 24.7 Å². The summed E-state index contributed by atoms with van der Waals surface area (Å²) < 4.78 is 5.87. The van der Waals surface area contributed by atoms with Crippen molar-refractivity contribution in [1.29, 1.82) is 0 Å². The SMILES string of the molecule is CC(=O)[C@H](Cc1ncc[nH]1)NC(=O)[C@H](Cc1ccccc1)NC(=O)CNC(=O)CNC(=O)CCCCCNC(=O)Nc1ccc(-c2c3ccc(=O)cc-3oc3cc(O)ccc23)c(C(=O)O)c1. The molecule has 1 aliphatic heterocycles. The van der Waals surface area contributed by atoms with E-state index in [0.29, 0.717) is 47.2 Å². The number of benzene rings is 4. The predicted molar refractivity (Wildman–Crippen MR) is 242 cm³/mol. The van der Waals surface area contributed by atoms with E-state index in [2.05, 4.69) is 41.9 Å². The summed E-state index contributed by atoms with van der Waals surface area (Å²) in [6.07, 6.45) is 4.99. The Kier molecular flexibility index (Phi) is 15.9. The number of phenolic OH excluding ortho intramolecular Hbond substituents is 1. The molecule has 66 heavy (non-hydrogen) atoms. The van der Waals surface area contributed by atoms with Crippen LogP contribution < -0.4 is 37.3 Å². The average molecular weight is 901 g/mol. The van der Waals surface area contributed by atoms with Crippen molar-refractivity contribution in [3.05, 3.63) is 124 Å². The number of hydrogen-bond donors (Lipinski definition) is 9. The zero-order chi connectivity index (χ0) is 47.2. The van der Waals surface area contributed by atoms with E-state index in [1.165, 1.54) is 43.5 Å². The largest absolute Gasteiger partial charge is 0.508 e. The number of carboxylic acids is 1. The minimum Gasteiger partial charge on any atom is -0.508 e. The number of Topliss-reactive ketones (excluding diaryl/α,β-unsaturated/α-hetero) is 1. The molecule has 1 aromatic heterocycles. The topological polar surface area (TPSA) is 291 Å². The first kappa shape index (κ1) is 47.1. The lowest BCUT2D eigenvalue weighted by molar-refractivity contribution is -0.131. The highest BCUT2D eigenvalue weighted by Gasteiger charge is 2.27. The second-order valence-electron chi connectivity index (χ2n) is 15.3. The number of aromatic carboxylic acids is 1. The van der Waals surface area contributed by atoms with Crippen LogP contribution in [0.1, 0.15) is 54.4 Å². The van der Waals surface area contributed by atoms with Gasteiger partial charge in [0.2, 0.25) is 23.6 Å². The molecule has 0 saturated carbocycles. The molecule has 0 fully saturated rings. The Morgan fingerprint density at radius 1 is 0.758 bits per heavy atom. The minimum absolute atomic E-state index is 0.0795. The van der Waals surface area contributed by atoms with E-state index in [4.69, 9.17) is 4.42 Å². The maximum atomic E-state index is 13.3. The number of anilines is 1. The lowest BCUT2D eigenvalue weighted by atomic mass is 9.90. The molecular formula is C47H48N8O11. The van der Waals surface area contributed by atoms with Gasteiger partial charge in [-0.2, -0.15) is 0 Å². The number of nitrogens with one attached hydrogen (secondary N) is 7. The number of rotatable bonds is 21. The van der Waals surface area contributed by atoms with Gasteiger partial charge in [0.25, 0.3) is 0 Å². The molecule has 0 bridgehead atoms. The van der Waals surface area contributed by atoms with Gasteiger partial charge in [-0.15, -0.1) is 0 Å². The van der Waals surface area contributed by atoms with E-state index in [9.17, 15) is 48.6 Å². The summed E-state index contributed by atoms with van der Waals surface area (Å²) in [6.45, 7) is 0.731. The van der Waals surface area contributed by atoms with Gasteiger partial charge in [0.1, 0.15) is 29.0 Å². The smallest absolute Gasteiger partial charge is 0.336 e. The van der Waals surface area contributed by atoms with Crippen LogP contribution in [0.2, 0.25) is 0 Å². The highest BCUT2D eigenvalue weighted by molar-refractivity contribution is 6.08. The number of unbranched alkanes of at least 4 members (excludes halogenated alkanes) is 2. The van der Waals surface area contributed by atoms with Crippen molar-refractivity contribution in [2.24, 2.45) is 0 Å². The molecule has 19 heteroatoms. The molecule has 6 amide bonds. The van der Waals surface area contributed by atoms with Crippen molar-refractivity contribution in [3.63, 3.8) is 0 Å². The average Bonchev–Trinajstić information content (AvgIpc) is 3.81. The molecule has 0 saturated heterocycles. The van der Waals surface area contributed by atoms with Gasteiger partial charge in [-0.25, -0.2) is 14.6 Å².